The van der Waals surface area contributed by atoms with Crippen LogP contribution >= 0.6 is 0 Å². The monoisotopic (exact) mass is 282 g/mol. The lowest BCUT2D eigenvalue weighted by molar-refractivity contribution is -0.131. The van der Waals surface area contributed by atoms with Crippen molar-refractivity contribution < 1.29 is 27.8 Å². The van der Waals surface area contributed by atoms with Crippen molar-refractivity contribution in [3.8, 4) is 17.2 Å². The molecule has 0 saturated heterocycles. The summed E-state index contributed by atoms with van der Waals surface area (Å²) in [5.41, 5.74) is 0.190. The van der Waals surface area contributed by atoms with Gasteiger partial charge in [-0.3, -0.25) is 0 Å². The molecule has 0 unspecified atom stereocenters. The highest BCUT2D eigenvalue weighted by Crippen LogP contribution is 2.29. The maximum absolute atomic E-state index is 12.3. The van der Waals surface area contributed by atoms with Crippen LogP contribution in [0.5, 0.6) is 5.75 Å². The number of alkyl halides is 2. The number of aromatic nitrogens is 2. The maximum atomic E-state index is 12.3. The highest BCUT2D eigenvalue weighted by atomic mass is 19.3. The Morgan fingerprint density at radius 1 is 1.35 bits per heavy atom. The molecule has 8 heteroatoms. The summed E-state index contributed by atoms with van der Waals surface area (Å²) in [6.45, 7) is -2.98. The number of ether oxygens (including phenoxy) is 1. The fourth-order valence-electron chi connectivity index (χ4n) is 1.40. The zero-order chi connectivity index (χ0) is 14.5. The predicted molar refractivity (Wildman–Crippen MR) is 63.0 cm³/mol. The van der Waals surface area contributed by atoms with Gasteiger partial charge in [-0.25, -0.2) is 4.79 Å². The molecule has 20 heavy (non-hydrogen) atoms. The topological polar surface area (TPSA) is 85.5 Å². The standard InChI is InChI=1S/C12H8F2N2O4/c13-12(14)19-8-4-2-1-3-7(8)11-16-15-9(20-11)5-6-10(17)18/h1-6,12H,(H,17,18)/b6-5+. The van der Waals surface area contributed by atoms with Gasteiger partial charge in [0.2, 0.25) is 5.89 Å². The van der Waals surface area contributed by atoms with Gasteiger partial charge in [-0.2, -0.15) is 8.78 Å². The number of aliphatic carboxylic acids is 1. The number of carbonyl (C=O) groups is 1. The second kappa shape index (κ2) is 5.91. The molecule has 6 nitrogen and oxygen atoms in total. The average Bonchev–Trinajstić information content (AvgIpc) is 2.85. The Morgan fingerprint density at radius 2 is 2.10 bits per heavy atom. The number of para-hydroxylation sites is 1. The number of halogens is 2. The molecule has 2 aromatic rings. The Labute approximate surface area is 111 Å². The lowest BCUT2D eigenvalue weighted by Gasteiger charge is -2.06. The second-order valence-electron chi connectivity index (χ2n) is 3.49. The number of hydrogen-bond donors (Lipinski definition) is 1. The molecule has 0 amide bonds. The van der Waals surface area contributed by atoms with Crippen LogP contribution in [-0.4, -0.2) is 27.9 Å². The van der Waals surface area contributed by atoms with Gasteiger partial charge in [-0.05, 0) is 12.1 Å². The average molecular weight is 282 g/mol. The molecule has 1 heterocycles. The Hall–Kier alpha value is -2.77. The normalized spacial score (nSPS) is 11.2. The summed E-state index contributed by atoms with van der Waals surface area (Å²) in [4.78, 5) is 10.3. The summed E-state index contributed by atoms with van der Waals surface area (Å²) in [5, 5.41) is 15.7. The Bertz CT molecular complexity index is 640. The van der Waals surface area contributed by atoms with Crippen LogP contribution in [0.2, 0.25) is 0 Å². The van der Waals surface area contributed by atoms with Gasteiger partial charge in [0.05, 0.1) is 5.56 Å². The van der Waals surface area contributed by atoms with E-state index in [2.05, 4.69) is 14.9 Å². The molecule has 0 aliphatic heterocycles. The smallest absolute Gasteiger partial charge is 0.387 e. The van der Waals surface area contributed by atoms with Crippen molar-refractivity contribution in [2.24, 2.45) is 0 Å². The molecule has 104 valence electrons. The van der Waals surface area contributed by atoms with E-state index in [1.165, 1.54) is 18.2 Å². The molecule has 0 radical (unpaired) electrons. The lowest BCUT2D eigenvalue weighted by Crippen LogP contribution is -2.03. The zero-order valence-corrected chi connectivity index (χ0v) is 9.86. The molecule has 1 aromatic carbocycles. The highest BCUT2D eigenvalue weighted by molar-refractivity contribution is 5.84. The number of hydrogen-bond acceptors (Lipinski definition) is 5. The van der Waals surface area contributed by atoms with Crippen molar-refractivity contribution in [1.82, 2.24) is 10.2 Å². The predicted octanol–water partition coefficient (Wildman–Crippen LogP) is 2.44. The van der Waals surface area contributed by atoms with Crippen LogP contribution in [0.3, 0.4) is 0 Å². The Kier molecular flexibility index (Phi) is 4.04. The van der Waals surface area contributed by atoms with Crippen LogP contribution in [0.25, 0.3) is 17.5 Å². The van der Waals surface area contributed by atoms with Crippen LogP contribution in [0, 0.1) is 0 Å². The van der Waals surface area contributed by atoms with Gasteiger partial charge in [0.25, 0.3) is 5.89 Å². The largest absolute Gasteiger partial charge is 0.478 e. The first-order valence-electron chi connectivity index (χ1n) is 5.35. The molecule has 0 fully saturated rings. The molecule has 0 atom stereocenters. The quantitative estimate of drug-likeness (QED) is 0.848. The molecule has 0 aliphatic carbocycles. The second-order valence-corrected chi connectivity index (χ2v) is 3.49. The molecule has 0 aliphatic rings. The van der Waals surface area contributed by atoms with E-state index in [-0.39, 0.29) is 23.1 Å². The van der Waals surface area contributed by atoms with Crippen molar-refractivity contribution in [2.75, 3.05) is 0 Å². The molecule has 2 rings (SSSR count). The fourth-order valence-corrected chi connectivity index (χ4v) is 1.40. The maximum Gasteiger partial charge on any atom is 0.387 e. The van der Waals surface area contributed by atoms with E-state index < -0.39 is 12.6 Å². The van der Waals surface area contributed by atoms with Gasteiger partial charge in [0.15, 0.2) is 0 Å². The molecule has 0 bridgehead atoms. The van der Waals surface area contributed by atoms with Gasteiger partial charge in [-0.15, -0.1) is 10.2 Å². The number of carboxylic acid groups (broad SMARTS) is 1. The van der Waals surface area contributed by atoms with Gasteiger partial charge in [0.1, 0.15) is 5.75 Å². The third kappa shape index (κ3) is 3.37. The van der Waals surface area contributed by atoms with E-state index in [4.69, 9.17) is 9.52 Å². The summed E-state index contributed by atoms with van der Waals surface area (Å²) in [6, 6.07) is 5.90. The van der Waals surface area contributed by atoms with Crippen molar-refractivity contribution >= 4 is 12.0 Å². The Balaban J connectivity index is 2.30. The molecule has 1 aromatic heterocycles. The van der Waals surface area contributed by atoms with Crippen LogP contribution in [0.4, 0.5) is 8.78 Å². The minimum absolute atomic E-state index is 0.0497. The van der Waals surface area contributed by atoms with Crippen LogP contribution in [0.15, 0.2) is 34.8 Å². The van der Waals surface area contributed by atoms with Crippen molar-refractivity contribution in [3.05, 3.63) is 36.2 Å². The van der Waals surface area contributed by atoms with E-state index >= 15 is 0 Å². The first-order valence-corrected chi connectivity index (χ1v) is 5.35. The van der Waals surface area contributed by atoms with Gasteiger partial charge >= 0.3 is 12.6 Å². The van der Waals surface area contributed by atoms with E-state index in [9.17, 15) is 13.6 Å². The van der Waals surface area contributed by atoms with Crippen molar-refractivity contribution in [1.29, 1.82) is 0 Å². The number of carboxylic acids is 1. The zero-order valence-electron chi connectivity index (χ0n) is 9.86. The SMILES string of the molecule is O=C(O)/C=C/c1nnc(-c2ccccc2OC(F)F)o1. The molecule has 0 spiro atoms. The number of benzene rings is 1. The third-order valence-corrected chi connectivity index (χ3v) is 2.14. The van der Waals surface area contributed by atoms with Crippen molar-refractivity contribution in [2.45, 2.75) is 6.61 Å². The summed E-state index contributed by atoms with van der Waals surface area (Å²) >= 11 is 0. The Morgan fingerprint density at radius 3 is 2.80 bits per heavy atom. The molecule has 1 N–H and O–H groups in total. The first-order chi connectivity index (χ1) is 9.56. The van der Waals surface area contributed by atoms with E-state index in [1.807, 2.05) is 0 Å². The highest BCUT2D eigenvalue weighted by Gasteiger charge is 2.15. The number of rotatable bonds is 5. The van der Waals surface area contributed by atoms with Crippen LogP contribution < -0.4 is 4.74 Å². The minimum atomic E-state index is -2.98. The van der Waals surface area contributed by atoms with E-state index in [1.54, 1.807) is 6.07 Å². The van der Waals surface area contributed by atoms with Crippen LogP contribution in [0.1, 0.15) is 5.89 Å². The summed E-state index contributed by atoms with van der Waals surface area (Å²) in [6.07, 6.45) is 1.91. The lowest BCUT2D eigenvalue weighted by atomic mass is 10.2. The van der Waals surface area contributed by atoms with Gasteiger partial charge < -0.3 is 14.3 Å². The third-order valence-electron chi connectivity index (χ3n) is 2.14. The minimum Gasteiger partial charge on any atom is -0.478 e. The molecular weight excluding hydrogens is 274 g/mol. The summed E-state index contributed by atoms with van der Waals surface area (Å²) < 4.78 is 34.0. The first kappa shape index (κ1) is 13.7. The fraction of sp³-hybridized carbons (Fsp3) is 0.0833. The van der Waals surface area contributed by atoms with E-state index in [0.29, 0.717) is 0 Å². The van der Waals surface area contributed by atoms with Crippen LogP contribution in [-0.2, 0) is 4.79 Å². The molecule has 0 saturated carbocycles. The van der Waals surface area contributed by atoms with Gasteiger partial charge in [-0.1, -0.05) is 12.1 Å². The van der Waals surface area contributed by atoms with Crippen molar-refractivity contribution in [3.63, 3.8) is 0 Å². The van der Waals surface area contributed by atoms with E-state index in [0.717, 1.165) is 12.2 Å². The summed E-state index contributed by atoms with van der Waals surface area (Å²) in [7, 11) is 0. The summed E-state index contributed by atoms with van der Waals surface area (Å²) in [5.74, 6) is -1.40. The van der Waals surface area contributed by atoms with Gasteiger partial charge in [0, 0.05) is 12.2 Å². The molecular formula is C12H8F2N2O4. The number of nitrogens with zero attached hydrogens (tertiary/aromatic N) is 2.